The lowest BCUT2D eigenvalue weighted by Gasteiger charge is -2.54. The van der Waals surface area contributed by atoms with Crippen molar-refractivity contribution < 1.29 is 19.5 Å². The normalized spacial score (nSPS) is 36.4. The minimum Gasteiger partial charge on any atom is -0.478 e. The van der Waals surface area contributed by atoms with Crippen molar-refractivity contribution in [3.63, 3.8) is 0 Å². The number of carbonyl (C=O) groups excluding carboxylic acids is 2. The van der Waals surface area contributed by atoms with E-state index in [0.717, 1.165) is 43.6 Å². The van der Waals surface area contributed by atoms with Crippen molar-refractivity contribution >= 4 is 18.5 Å². The van der Waals surface area contributed by atoms with Crippen LogP contribution < -0.4 is 0 Å². The summed E-state index contributed by atoms with van der Waals surface area (Å²) < 4.78 is 0. The molecule has 4 atom stereocenters. The van der Waals surface area contributed by atoms with Gasteiger partial charge < -0.3 is 5.11 Å². The molecule has 0 bridgehead atoms. The first-order valence-electron chi connectivity index (χ1n) is 8.73. The molecule has 4 heteroatoms. The number of allylic oxidation sites excluding steroid dienone is 3. The predicted molar refractivity (Wildman–Crippen MR) is 92.5 cm³/mol. The van der Waals surface area contributed by atoms with E-state index in [4.69, 9.17) is 5.11 Å². The summed E-state index contributed by atoms with van der Waals surface area (Å²) in [5, 5.41) is 8.88. The van der Waals surface area contributed by atoms with E-state index in [1.807, 2.05) is 0 Å². The molecule has 132 valence electrons. The second-order valence-corrected chi connectivity index (χ2v) is 8.06. The zero-order chi connectivity index (χ0) is 18.1. The Balaban J connectivity index is 2.28. The second-order valence-electron chi connectivity index (χ2n) is 8.06. The largest absolute Gasteiger partial charge is 0.478 e. The van der Waals surface area contributed by atoms with Crippen LogP contribution in [-0.2, 0) is 14.4 Å². The molecule has 1 saturated carbocycles. The van der Waals surface area contributed by atoms with Crippen molar-refractivity contribution in [2.75, 3.05) is 0 Å². The number of carboxylic acid groups (broad SMARTS) is 1. The minimum absolute atomic E-state index is 0.0143. The zero-order valence-electron chi connectivity index (χ0n) is 15.1. The molecule has 0 aliphatic heterocycles. The van der Waals surface area contributed by atoms with Gasteiger partial charge in [-0.25, -0.2) is 4.79 Å². The lowest BCUT2D eigenvalue weighted by molar-refractivity contribution is -0.131. The SMILES string of the molecule is CC1=C(C=O)CC2C1(C)CCC(C)C2(C)CCC(C=O)=CC(=O)O. The van der Waals surface area contributed by atoms with E-state index in [0.29, 0.717) is 30.1 Å². The molecule has 0 aromatic rings. The Kier molecular flexibility index (Phi) is 5.17. The first-order valence-corrected chi connectivity index (χ1v) is 8.73. The monoisotopic (exact) mass is 332 g/mol. The molecule has 1 N–H and O–H groups in total. The Labute approximate surface area is 144 Å². The number of hydrogen-bond donors (Lipinski definition) is 1. The van der Waals surface area contributed by atoms with Crippen molar-refractivity contribution in [1.29, 1.82) is 0 Å². The van der Waals surface area contributed by atoms with Crippen LogP contribution in [0.4, 0.5) is 0 Å². The van der Waals surface area contributed by atoms with Crippen LogP contribution >= 0.6 is 0 Å². The summed E-state index contributed by atoms with van der Waals surface area (Å²) in [6.45, 7) is 8.85. The van der Waals surface area contributed by atoms with Crippen LogP contribution in [0.25, 0.3) is 0 Å². The fraction of sp³-hybridized carbons (Fsp3) is 0.650. The summed E-state index contributed by atoms with van der Waals surface area (Å²) in [7, 11) is 0. The molecule has 2 aliphatic carbocycles. The van der Waals surface area contributed by atoms with Crippen molar-refractivity contribution in [1.82, 2.24) is 0 Å². The molecule has 0 aromatic carbocycles. The Hall–Kier alpha value is -1.71. The van der Waals surface area contributed by atoms with Crippen LogP contribution in [0.5, 0.6) is 0 Å². The van der Waals surface area contributed by atoms with Crippen molar-refractivity contribution in [3.8, 4) is 0 Å². The Morgan fingerprint density at radius 2 is 2.00 bits per heavy atom. The predicted octanol–water partition coefficient (Wildman–Crippen LogP) is 3.95. The molecule has 0 radical (unpaired) electrons. The molecule has 2 aliphatic rings. The molecule has 2 rings (SSSR count). The summed E-state index contributed by atoms with van der Waals surface area (Å²) in [6, 6.07) is 0. The topological polar surface area (TPSA) is 71.4 Å². The summed E-state index contributed by atoms with van der Waals surface area (Å²) in [4.78, 5) is 33.4. The molecule has 0 heterocycles. The number of hydrogen-bond acceptors (Lipinski definition) is 3. The highest BCUT2D eigenvalue weighted by atomic mass is 16.4. The molecular weight excluding hydrogens is 304 g/mol. The fourth-order valence-electron chi connectivity index (χ4n) is 5.03. The molecule has 24 heavy (non-hydrogen) atoms. The third kappa shape index (κ3) is 2.99. The van der Waals surface area contributed by atoms with Gasteiger partial charge in [0.15, 0.2) is 0 Å². The zero-order valence-corrected chi connectivity index (χ0v) is 15.1. The van der Waals surface area contributed by atoms with E-state index in [-0.39, 0.29) is 10.8 Å². The molecule has 0 spiro atoms. The van der Waals surface area contributed by atoms with E-state index in [9.17, 15) is 14.4 Å². The molecule has 0 saturated heterocycles. The molecule has 4 unspecified atom stereocenters. The van der Waals surface area contributed by atoms with Crippen molar-refractivity contribution in [3.05, 3.63) is 22.8 Å². The van der Waals surface area contributed by atoms with Gasteiger partial charge in [0, 0.05) is 6.08 Å². The highest BCUT2D eigenvalue weighted by Gasteiger charge is 2.55. The van der Waals surface area contributed by atoms with Gasteiger partial charge in [-0.1, -0.05) is 26.3 Å². The number of carbonyl (C=O) groups is 3. The van der Waals surface area contributed by atoms with Gasteiger partial charge in [0.2, 0.25) is 0 Å². The van der Waals surface area contributed by atoms with E-state index in [2.05, 4.69) is 27.7 Å². The highest BCUT2D eigenvalue weighted by Crippen LogP contribution is 2.64. The molecule has 4 nitrogen and oxygen atoms in total. The van der Waals surface area contributed by atoms with Gasteiger partial charge in [-0.2, -0.15) is 0 Å². The van der Waals surface area contributed by atoms with Gasteiger partial charge in [-0.3, -0.25) is 9.59 Å². The van der Waals surface area contributed by atoms with Crippen molar-refractivity contribution in [2.24, 2.45) is 22.7 Å². The van der Waals surface area contributed by atoms with Gasteiger partial charge >= 0.3 is 5.97 Å². The standard InChI is InChI=1S/C20H28O4/c1-13-5-7-20(4)14(2)16(12-22)10-17(20)19(13,3)8-6-15(11-21)9-18(23)24/h9,11-13,17H,5-8,10H2,1-4H3,(H,23,24). The smallest absolute Gasteiger partial charge is 0.328 e. The Morgan fingerprint density at radius 1 is 1.33 bits per heavy atom. The fourth-order valence-corrected chi connectivity index (χ4v) is 5.03. The lowest BCUT2D eigenvalue weighted by atomic mass is 9.50. The third-order valence-corrected chi connectivity index (χ3v) is 7.10. The molecule has 1 fully saturated rings. The first-order chi connectivity index (χ1) is 11.2. The maximum absolute atomic E-state index is 11.5. The number of aldehydes is 2. The van der Waals surface area contributed by atoms with Crippen LogP contribution in [-0.4, -0.2) is 23.6 Å². The van der Waals surface area contributed by atoms with Crippen molar-refractivity contribution in [2.45, 2.75) is 59.8 Å². The maximum Gasteiger partial charge on any atom is 0.328 e. The number of aliphatic carboxylic acids is 1. The second kappa shape index (κ2) is 6.66. The van der Waals surface area contributed by atoms with E-state index >= 15 is 0 Å². The van der Waals surface area contributed by atoms with Gasteiger partial charge in [-0.05, 0) is 72.8 Å². The highest BCUT2D eigenvalue weighted by molar-refractivity contribution is 5.88. The third-order valence-electron chi connectivity index (χ3n) is 7.10. The van der Waals surface area contributed by atoms with Gasteiger partial charge in [0.25, 0.3) is 0 Å². The maximum atomic E-state index is 11.5. The van der Waals surface area contributed by atoms with E-state index in [1.165, 1.54) is 5.57 Å². The van der Waals surface area contributed by atoms with Gasteiger partial charge in [-0.15, -0.1) is 0 Å². The van der Waals surface area contributed by atoms with E-state index < -0.39 is 5.97 Å². The number of rotatable bonds is 6. The summed E-state index contributed by atoms with van der Waals surface area (Å²) >= 11 is 0. The van der Waals surface area contributed by atoms with Crippen LogP contribution in [0.15, 0.2) is 22.8 Å². The number of carboxylic acids is 1. The van der Waals surface area contributed by atoms with Crippen LogP contribution in [0.2, 0.25) is 0 Å². The van der Waals surface area contributed by atoms with Crippen LogP contribution in [0, 0.1) is 22.7 Å². The van der Waals surface area contributed by atoms with Crippen LogP contribution in [0.3, 0.4) is 0 Å². The summed E-state index contributed by atoms with van der Waals surface area (Å²) in [5.74, 6) is -0.232. The average Bonchev–Trinajstić information content (AvgIpc) is 2.80. The van der Waals surface area contributed by atoms with Gasteiger partial charge in [0.05, 0.1) is 0 Å². The molecular formula is C20H28O4. The summed E-state index contributed by atoms with van der Waals surface area (Å²) in [5.41, 5.74) is 2.51. The van der Waals surface area contributed by atoms with Gasteiger partial charge in [0.1, 0.15) is 12.6 Å². The minimum atomic E-state index is -1.08. The lowest BCUT2D eigenvalue weighted by Crippen LogP contribution is -2.46. The van der Waals surface area contributed by atoms with Crippen LogP contribution in [0.1, 0.15) is 59.8 Å². The first kappa shape index (κ1) is 18.6. The Bertz CT molecular complexity index is 615. The number of fused-ring (bicyclic) bond motifs is 1. The average molecular weight is 332 g/mol. The van der Waals surface area contributed by atoms with E-state index in [1.54, 1.807) is 0 Å². The molecule has 0 aromatic heterocycles. The Morgan fingerprint density at radius 3 is 2.54 bits per heavy atom. The summed E-state index contributed by atoms with van der Waals surface area (Å²) in [6.07, 6.45) is 6.88. The molecule has 0 amide bonds. The quantitative estimate of drug-likeness (QED) is 0.590.